The van der Waals surface area contributed by atoms with E-state index in [1.807, 2.05) is 12.3 Å². The number of halogens is 1. The van der Waals surface area contributed by atoms with E-state index in [1.165, 1.54) is 0 Å². The monoisotopic (exact) mass is 242 g/mol. The van der Waals surface area contributed by atoms with Gasteiger partial charge >= 0.3 is 0 Å². The first-order chi connectivity index (χ1) is 6.15. The lowest BCUT2D eigenvalue weighted by molar-refractivity contribution is 0.456. The molecule has 0 amide bonds. The summed E-state index contributed by atoms with van der Waals surface area (Å²) in [6, 6.07) is 2.12. The fraction of sp³-hybridized carbons (Fsp3) is 0.500. The van der Waals surface area contributed by atoms with E-state index in [4.69, 9.17) is 5.73 Å². The Labute approximate surface area is 87.7 Å². The lowest BCUT2D eigenvalue weighted by Crippen LogP contribution is -2.18. The van der Waals surface area contributed by atoms with Crippen molar-refractivity contribution in [2.45, 2.75) is 26.3 Å². The first-order valence-electron chi connectivity index (χ1n) is 4.51. The van der Waals surface area contributed by atoms with Crippen LogP contribution in [0, 0.1) is 5.92 Å². The van der Waals surface area contributed by atoms with Gasteiger partial charge in [0, 0.05) is 22.9 Å². The molecule has 0 bridgehead atoms. The van der Waals surface area contributed by atoms with Gasteiger partial charge in [0.05, 0.1) is 0 Å². The van der Waals surface area contributed by atoms with Crippen LogP contribution in [0.25, 0.3) is 0 Å². The summed E-state index contributed by atoms with van der Waals surface area (Å²) in [6.45, 7) is 4.31. The van der Waals surface area contributed by atoms with E-state index in [1.54, 1.807) is 6.20 Å². The number of hydrogen-bond acceptors (Lipinski definition) is 2. The fourth-order valence-electron chi connectivity index (χ4n) is 1.19. The van der Waals surface area contributed by atoms with Crippen LogP contribution in [-0.2, 0) is 0 Å². The standard InChI is InChI=1S/C10H15BrN2/c1-3-7(2)10(12)8-4-9(11)6-13-5-8/h4-7,10H,3,12H2,1-2H3/t7?,10-/m0/s1. The second kappa shape index (κ2) is 4.72. The largest absolute Gasteiger partial charge is 0.324 e. The van der Waals surface area contributed by atoms with Crippen molar-refractivity contribution in [2.24, 2.45) is 11.7 Å². The van der Waals surface area contributed by atoms with Crippen molar-refractivity contribution in [1.82, 2.24) is 4.98 Å². The summed E-state index contributed by atoms with van der Waals surface area (Å²) in [6.07, 6.45) is 4.70. The predicted octanol–water partition coefficient (Wildman–Crippen LogP) is 2.89. The Hall–Kier alpha value is -0.410. The van der Waals surface area contributed by atoms with Crippen molar-refractivity contribution in [3.63, 3.8) is 0 Å². The molecule has 1 heterocycles. The minimum atomic E-state index is 0.0926. The molecule has 1 unspecified atom stereocenters. The van der Waals surface area contributed by atoms with Gasteiger partial charge in [-0.15, -0.1) is 0 Å². The van der Waals surface area contributed by atoms with Gasteiger partial charge in [-0.05, 0) is 33.5 Å². The Kier molecular flexibility index (Phi) is 3.88. The molecule has 0 saturated heterocycles. The molecule has 2 atom stereocenters. The zero-order valence-electron chi connectivity index (χ0n) is 8.00. The van der Waals surface area contributed by atoms with Gasteiger partial charge in [-0.1, -0.05) is 20.3 Å². The van der Waals surface area contributed by atoms with Crippen molar-refractivity contribution in [2.75, 3.05) is 0 Å². The van der Waals surface area contributed by atoms with Crippen LogP contribution >= 0.6 is 15.9 Å². The molecule has 1 aromatic rings. The molecule has 2 nitrogen and oxygen atoms in total. The third-order valence-corrected chi connectivity index (χ3v) is 2.80. The van der Waals surface area contributed by atoms with Crippen molar-refractivity contribution >= 4 is 15.9 Å². The third kappa shape index (κ3) is 2.78. The summed E-state index contributed by atoms with van der Waals surface area (Å²) in [5.41, 5.74) is 7.16. The van der Waals surface area contributed by atoms with E-state index in [9.17, 15) is 0 Å². The lowest BCUT2D eigenvalue weighted by Gasteiger charge is -2.18. The molecule has 0 aliphatic rings. The molecule has 0 aliphatic carbocycles. The van der Waals surface area contributed by atoms with E-state index in [2.05, 4.69) is 34.8 Å². The smallest absolute Gasteiger partial charge is 0.0410 e. The molecule has 0 spiro atoms. The Morgan fingerprint density at radius 2 is 2.23 bits per heavy atom. The van der Waals surface area contributed by atoms with E-state index in [0.29, 0.717) is 5.92 Å². The van der Waals surface area contributed by atoms with Crippen LogP contribution in [0.5, 0.6) is 0 Å². The van der Waals surface area contributed by atoms with Gasteiger partial charge in [0.2, 0.25) is 0 Å². The summed E-state index contributed by atoms with van der Waals surface area (Å²) in [7, 11) is 0. The minimum absolute atomic E-state index is 0.0926. The number of nitrogens with two attached hydrogens (primary N) is 1. The summed E-state index contributed by atoms with van der Waals surface area (Å²) in [4.78, 5) is 4.10. The van der Waals surface area contributed by atoms with Crippen LogP contribution < -0.4 is 5.73 Å². The average molecular weight is 243 g/mol. The molecule has 2 N–H and O–H groups in total. The molecule has 0 aromatic carbocycles. The molecule has 0 saturated carbocycles. The number of rotatable bonds is 3. The Morgan fingerprint density at radius 1 is 1.54 bits per heavy atom. The Morgan fingerprint density at radius 3 is 2.77 bits per heavy atom. The quantitative estimate of drug-likeness (QED) is 0.886. The third-order valence-electron chi connectivity index (χ3n) is 2.37. The van der Waals surface area contributed by atoms with Gasteiger partial charge in [-0.2, -0.15) is 0 Å². The van der Waals surface area contributed by atoms with Gasteiger partial charge < -0.3 is 5.73 Å². The summed E-state index contributed by atoms with van der Waals surface area (Å²) in [5.74, 6) is 0.496. The van der Waals surface area contributed by atoms with Crippen LogP contribution in [0.1, 0.15) is 31.9 Å². The van der Waals surface area contributed by atoms with E-state index >= 15 is 0 Å². The number of aromatic nitrogens is 1. The predicted molar refractivity (Wildman–Crippen MR) is 58.3 cm³/mol. The lowest BCUT2D eigenvalue weighted by atomic mass is 9.95. The van der Waals surface area contributed by atoms with Gasteiger partial charge in [0.25, 0.3) is 0 Å². The molecule has 13 heavy (non-hydrogen) atoms. The fourth-order valence-corrected chi connectivity index (χ4v) is 1.58. The van der Waals surface area contributed by atoms with Gasteiger partial charge in [0.15, 0.2) is 0 Å². The first-order valence-corrected chi connectivity index (χ1v) is 5.30. The first kappa shape index (κ1) is 10.7. The summed E-state index contributed by atoms with van der Waals surface area (Å²) < 4.78 is 0.990. The number of hydrogen-bond donors (Lipinski definition) is 1. The van der Waals surface area contributed by atoms with Gasteiger partial charge in [-0.25, -0.2) is 0 Å². The summed E-state index contributed by atoms with van der Waals surface area (Å²) >= 11 is 3.38. The average Bonchev–Trinajstić information content (AvgIpc) is 2.15. The molecular formula is C10H15BrN2. The maximum absolute atomic E-state index is 6.06. The SMILES string of the molecule is CCC(C)[C@H](N)c1cncc(Br)c1. The van der Waals surface area contributed by atoms with Crippen LogP contribution in [-0.4, -0.2) is 4.98 Å². The molecule has 0 fully saturated rings. The normalized spacial score (nSPS) is 15.4. The van der Waals surface area contributed by atoms with Crippen LogP contribution in [0.2, 0.25) is 0 Å². The van der Waals surface area contributed by atoms with Crippen molar-refractivity contribution in [3.05, 3.63) is 28.5 Å². The number of nitrogens with zero attached hydrogens (tertiary/aromatic N) is 1. The molecule has 1 aromatic heterocycles. The highest BCUT2D eigenvalue weighted by Gasteiger charge is 2.13. The second-order valence-corrected chi connectivity index (χ2v) is 4.26. The van der Waals surface area contributed by atoms with Crippen LogP contribution in [0.4, 0.5) is 0 Å². The van der Waals surface area contributed by atoms with E-state index in [-0.39, 0.29) is 6.04 Å². The molecule has 3 heteroatoms. The van der Waals surface area contributed by atoms with Crippen LogP contribution in [0.15, 0.2) is 22.9 Å². The Bertz CT molecular complexity index is 275. The molecule has 0 aliphatic heterocycles. The zero-order chi connectivity index (χ0) is 9.84. The second-order valence-electron chi connectivity index (χ2n) is 3.35. The maximum atomic E-state index is 6.06. The van der Waals surface area contributed by atoms with Crippen LogP contribution in [0.3, 0.4) is 0 Å². The highest BCUT2D eigenvalue weighted by Crippen LogP contribution is 2.22. The maximum Gasteiger partial charge on any atom is 0.0410 e. The minimum Gasteiger partial charge on any atom is -0.324 e. The topological polar surface area (TPSA) is 38.9 Å². The van der Waals surface area contributed by atoms with E-state index < -0.39 is 0 Å². The molecule has 72 valence electrons. The molecular weight excluding hydrogens is 228 g/mol. The molecule has 0 radical (unpaired) electrons. The van der Waals surface area contributed by atoms with E-state index in [0.717, 1.165) is 16.5 Å². The molecule has 1 rings (SSSR count). The zero-order valence-corrected chi connectivity index (χ0v) is 9.58. The number of pyridine rings is 1. The van der Waals surface area contributed by atoms with Crippen molar-refractivity contribution in [3.8, 4) is 0 Å². The summed E-state index contributed by atoms with van der Waals surface area (Å²) in [5, 5.41) is 0. The van der Waals surface area contributed by atoms with Crippen molar-refractivity contribution in [1.29, 1.82) is 0 Å². The van der Waals surface area contributed by atoms with Gasteiger partial charge in [-0.3, -0.25) is 4.98 Å². The highest BCUT2D eigenvalue weighted by molar-refractivity contribution is 9.10. The highest BCUT2D eigenvalue weighted by atomic mass is 79.9. The van der Waals surface area contributed by atoms with Gasteiger partial charge in [0.1, 0.15) is 0 Å². The van der Waals surface area contributed by atoms with Crippen molar-refractivity contribution < 1.29 is 0 Å². The Balaban J connectivity index is 2.82.